The third kappa shape index (κ3) is 125. The van der Waals surface area contributed by atoms with Crippen molar-refractivity contribution in [1.29, 1.82) is 0 Å². The first-order valence-electron chi connectivity index (χ1n) is 3.07. The van der Waals surface area contributed by atoms with E-state index in [1.165, 1.54) is 0 Å². The zero-order chi connectivity index (χ0) is 11.1. The van der Waals surface area contributed by atoms with E-state index in [-0.39, 0.29) is 127 Å². The minimum atomic E-state index is -4.30. The van der Waals surface area contributed by atoms with Crippen LogP contribution in [0.2, 0.25) is 0 Å². The van der Waals surface area contributed by atoms with Gasteiger partial charge in [0, 0.05) is 0 Å². The van der Waals surface area contributed by atoms with Gasteiger partial charge >= 0.3 is 75.0 Å². The van der Waals surface area contributed by atoms with Crippen LogP contribution < -0.4 is 5.73 Å². The van der Waals surface area contributed by atoms with Gasteiger partial charge in [0.05, 0.1) is 0 Å². The fraction of sp³-hybridized carbons (Fsp3) is 1.00. The van der Waals surface area contributed by atoms with Crippen LogP contribution in [0.3, 0.4) is 0 Å². The predicted molar refractivity (Wildman–Crippen MR) is 95.6 cm³/mol. The molecule has 166 valence electrons. The van der Waals surface area contributed by atoms with E-state index >= 15 is 0 Å². The van der Waals surface area contributed by atoms with Crippen molar-refractivity contribution in [2.45, 2.75) is 12.3 Å². The Labute approximate surface area is 187 Å². The third-order valence-electron chi connectivity index (χ3n) is 0.813. The molecule has 0 aromatic heterocycles. The van der Waals surface area contributed by atoms with Gasteiger partial charge in [-0.1, -0.05) is 0 Å². The molecule has 0 bridgehead atoms. The molecule has 0 aliphatic rings. The second kappa shape index (κ2) is 63.6. The van der Waals surface area contributed by atoms with E-state index in [9.17, 15) is 4.57 Å². The van der Waals surface area contributed by atoms with Crippen molar-refractivity contribution in [2.75, 3.05) is 6.54 Å². The SMILES string of the molecule is NCCC(O)P(=O)(O)O.O.O.O.O.O.O.O.O.O.O.O=[PH](O)O.[NaH].[NaH]. The van der Waals surface area contributed by atoms with Crippen LogP contribution in [-0.4, -0.2) is 151 Å². The predicted octanol–water partition coefficient (Wildman–Crippen LogP) is -11.4. The van der Waals surface area contributed by atoms with Crippen LogP contribution in [0.25, 0.3) is 0 Å². The summed E-state index contributed by atoms with van der Waals surface area (Å²) < 4.78 is 18.9. The van der Waals surface area contributed by atoms with Crippen LogP contribution >= 0.6 is 15.9 Å². The van der Waals surface area contributed by atoms with Crippen molar-refractivity contribution >= 4 is 75.0 Å². The minimum absolute atomic E-state index is 0. The molecule has 0 aromatic rings. The number of rotatable bonds is 3. The van der Waals surface area contributed by atoms with Crippen molar-refractivity contribution in [3.63, 3.8) is 0 Å². The summed E-state index contributed by atoms with van der Waals surface area (Å²) in [5.74, 6) is -1.59. The first-order valence-corrected chi connectivity index (χ1v) is 6.05. The molecule has 0 saturated carbocycles. The number of aliphatic hydroxyl groups is 1. The maximum atomic E-state index is 10.1. The molecule has 18 nitrogen and oxygen atoms in total. The van der Waals surface area contributed by atoms with Gasteiger partial charge in [0.1, 0.15) is 0 Å². The molecule has 25 heavy (non-hydrogen) atoms. The Morgan fingerprint density at radius 1 is 0.800 bits per heavy atom. The molecule has 0 aliphatic heterocycles. The van der Waals surface area contributed by atoms with E-state index in [1.807, 2.05) is 0 Å². The summed E-state index contributed by atoms with van der Waals surface area (Å²) >= 11 is 0. The molecule has 0 amide bonds. The van der Waals surface area contributed by atoms with Gasteiger partial charge in [0.25, 0.3) is 0 Å². The molecular weight excluding hydrogens is 430 g/mol. The zero-order valence-electron chi connectivity index (χ0n) is 11.6. The molecule has 1 unspecified atom stereocenters. The molecule has 0 aliphatic carbocycles. The Morgan fingerprint density at radius 3 is 1.00 bits per heavy atom. The van der Waals surface area contributed by atoms with Gasteiger partial charge in [-0.2, -0.15) is 0 Å². The van der Waals surface area contributed by atoms with Crippen molar-refractivity contribution in [2.24, 2.45) is 5.73 Å². The van der Waals surface area contributed by atoms with Crippen LogP contribution in [-0.2, 0) is 9.13 Å². The standard InChI is InChI=1S/C3H10NO4P.2Na.H3O3P.10H2O.2H/c4-2-1-3(5)9(6,7)8;;;1-4(2)3;;;;;;;;;;;;/h3,5H,1-2,4H2,(H2,6,7,8);;;4H,(H2,1,2,3);10*1H2;;. The molecule has 0 aromatic carbocycles. The molecule has 0 rings (SSSR count). The van der Waals surface area contributed by atoms with Gasteiger partial charge in [0.2, 0.25) is 0 Å². The van der Waals surface area contributed by atoms with Crippen molar-refractivity contribution < 1.29 is 88.6 Å². The molecule has 22 heteroatoms. The number of hydrogen-bond donors (Lipinski definition) is 6. The molecule has 0 saturated heterocycles. The number of hydrogen-bond acceptors (Lipinski definition) is 4. The molecule has 1 atom stereocenters. The van der Waals surface area contributed by atoms with Crippen LogP contribution in [0, 0.1) is 0 Å². The van der Waals surface area contributed by atoms with Gasteiger partial charge in [0.15, 0.2) is 5.85 Å². The Morgan fingerprint density at radius 2 is 0.960 bits per heavy atom. The van der Waals surface area contributed by atoms with Gasteiger partial charge in [-0.25, -0.2) is 0 Å². The Bertz CT molecular complexity index is 202. The van der Waals surface area contributed by atoms with Crippen molar-refractivity contribution in [3.8, 4) is 0 Å². The number of nitrogens with two attached hydrogens (primary N) is 1. The van der Waals surface area contributed by atoms with Gasteiger partial charge in [-0.3, -0.25) is 9.13 Å². The summed E-state index contributed by atoms with van der Waals surface area (Å²) in [5, 5.41) is 8.54. The first kappa shape index (κ1) is 109. The van der Waals surface area contributed by atoms with E-state index in [0.717, 1.165) is 0 Å². The maximum absolute atomic E-state index is 10.1. The number of aliphatic hydroxyl groups excluding tert-OH is 1. The van der Waals surface area contributed by atoms with E-state index in [1.54, 1.807) is 0 Å². The first-order chi connectivity index (χ1) is 5.71. The summed E-state index contributed by atoms with van der Waals surface area (Å²) in [4.78, 5) is 30.8. The van der Waals surface area contributed by atoms with Gasteiger partial charge in [-0.05, 0) is 13.0 Å². The molecule has 0 fully saturated rings. The fourth-order valence-electron chi connectivity index (χ4n) is 0.317. The molecule has 0 radical (unpaired) electrons. The molecule has 0 heterocycles. The molecule has 27 N–H and O–H groups in total. The van der Waals surface area contributed by atoms with Crippen molar-refractivity contribution in [3.05, 3.63) is 0 Å². The van der Waals surface area contributed by atoms with E-state index in [0.29, 0.717) is 0 Å². The third-order valence-corrected chi connectivity index (χ3v) is 1.85. The van der Waals surface area contributed by atoms with Crippen LogP contribution in [0.15, 0.2) is 0 Å². The van der Waals surface area contributed by atoms with Gasteiger partial charge in [-0.15, -0.1) is 0 Å². The monoisotopic (exact) mass is 465 g/mol. The molecular formula is C3H35NNa2O17P2. The van der Waals surface area contributed by atoms with E-state index in [2.05, 4.69) is 0 Å². The Hall–Kier alpha value is 1.82. The summed E-state index contributed by atoms with van der Waals surface area (Å²) in [6.45, 7) is 0.0757. The second-order valence-electron chi connectivity index (χ2n) is 1.93. The van der Waals surface area contributed by atoms with Crippen LogP contribution in [0.4, 0.5) is 0 Å². The zero-order valence-corrected chi connectivity index (χ0v) is 13.5. The Kier molecular flexibility index (Phi) is 277. The summed E-state index contributed by atoms with van der Waals surface area (Å²) in [6.07, 6.45) is -0.0652. The molecule has 0 spiro atoms. The van der Waals surface area contributed by atoms with Crippen LogP contribution in [0.5, 0.6) is 0 Å². The fourth-order valence-corrected chi connectivity index (χ4v) is 0.803. The Balaban J connectivity index is -0.00000000589. The average molecular weight is 465 g/mol. The normalized spacial score (nSPS) is 7.00. The second-order valence-corrected chi connectivity index (χ2v) is 4.27. The topological polar surface area (TPSA) is 476 Å². The summed E-state index contributed by atoms with van der Waals surface area (Å²) in [7, 11) is -7.43. The van der Waals surface area contributed by atoms with Crippen LogP contribution in [0.1, 0.15) is 6.42 Å². The summed E-state index contributed by atoms with van der Waals surface area (Å²) in [5.41, 5.74) is 4.92. The van der Waals surface area contributed by atoms with Crippen molar-refractivity contribution in [1.82, 2.24) is 0 Å². The van der Waals surface area contributed by atoms with E-state index < -0.39 is 21.7 Å². The average Bonchev–Trinajstić information content (AvgIpc) is 1.84. The summed E-state index contributed by atoms with van der Waals surface area (Å²) in [6, 6.07) is 0. The van der Waals surface area contributed by atoms with Gasteiger partial charge < -0.3 is 85.2 Å². The van der Waals surface area contributed by atoms with E-state index in [4.69, 9.17) is 35.0 Å². The quantitative estimate of drug-likeness (QED) is 0.171.